The van der Waals surface area contributed by atoms with E-state index in [1.165, 1.54) is 14.0 Å². The highest BCUT2D eigenvalue weighted by Gasteiger charge is 2.11. The average Bonchev–Trinajstić information content (AvgIpc) is 2.58. The second-order valence-corrected chi connectivity index (χ2v) is 5.37. The summed E-state index contributed by atoms with van der Waals surface area (Å²) in [6, 6.07) is 11.8. The van der Waals surface area contributed by atoms with Gasteiger partial charge in [-0.15, -0.1) is 0 Å². The molecule has 2 aromatic carbocycles. The molecule has 0 saturated heterocycles. The molecule has 0 aliphatic carbocycles. The number of methoxy groups -OCH3 is 1. The maximum absolute atomic E-state index is 11.8. The van der Waals surface area contributed by atoms with Crippen molar-refractivity contribution in [2.24, 2.45) is 0 Å². The molecule has 24 heavy (non-hydrogen) atoms. The fourth-order valence-corrected chi connectivity index (χ4v) is 2.20. The van der Waals surface area contributed by atoms with Crippen LogP contribution in [0.3, 0.4) is 0 Å². The van der Waals surface area contributed by atoms with Crippen molar-refractivity contribution < 1.29 is 23.8 Å². The highest BCUT2D eigenvalue weighted by molar-refractivity contribution is 6.32. The van der Waals surface area contributed by atoms with Crippen molar-refractivity contribution in [2.45, 2.75) is 13.5 Å². The van der Waals surface area contributed by atoms with Crippen molar-refractivity contribution in [3.63, 3.8) is 0 Å². The number of rotatable bonds is 7. The molecule has 0 radical (unpaired) electrons. The first-order chi connectivity index (χ1) is 11.5. The van der Waals surface area contributed by atoms with Crippen molar-refractivity contribution in [3.8, 4) is 11.5 Å². The number of carbonyl (C=O) groups is 2. The van der Waals surface area contributed by atoms with Crippen molar-refractivity contribution in [3.05, 3.63) is 58.6 Å². The molecule has 2 aromatic rings. The molecule has 5 nitrogen and oxygen atoms in total. The average molecular weight is 349 g/mol. The smallest absolute Gasteiger partial charge is 0.344 e. The first-order valence-corrected chi connectivity index (χ1v) is 7.60. The van der Waals surface area contributed by atoms with Gasteiger partial charge >= 0.3 is 5.97 Å². The zero-order valence-corrected chi connectivity index (χ0v) is 14.1. The number of ketones is 1. The minimum absolute atomic E-state index is 0.0188. The lowest BCUT2D eigenvalue weighted by Crippen LogP contribution is -2.15. The zero-order chi connectivity index (χ0) is 17.5. The van der Waals surface area contributed by atoms with Gasteiger partial charge < -0.3 is 14.2 Å². The maximum Gasteiger partial charge on any atom is 0.344 e. The van der Waals surface area contributed by atoms with Crippen LogP contribution in [0.4, 0.5) is 0 Å². The fourth-order valence-electron chi connectivity index (χ4n) is 2.01. The van der Waals surface area contributed by atoms with Crippen LogP contribution in [0.25, 0.3) is 0 Å². The predicted octanol–water partition coefficient (Wildman–Crippen LogP) is 3.67. The van der Waals surface area contributed by atoms with Crippen LogP contribution in [0.2, 0.25) is 5.02 Å². The largest absolute Gasteiger partial charge is 0.496 e. The molecule has 6 heteroatoms. The molecule has 0 aliphatic rings. The van der Waals surface area contributed by atoms with E-state index in [9.17, 15) is 9.59 Å². The first-order valence-electron chi connectivity index (χ1n) is 7.22. The van der Waals surface area contributed by atoms with Crippen molar-refractivity contribution in [1.82, 2.24) is 0 Å². The lowest BCUT2D eigenvalue weighted by atomic mass is 10.1. The number of hydrogen-bond donors (Lipinski definition) is 0. The Bertz CT molecular complexity index is 742. The van der Waals surface area contributed by atoms with Crippen molar-refractivity contribution >= 4 is 23.4 Å². The Kier molecular flexibility index (Phi) is 6.21. The van der Waals surface area contributed by atoms with E-state index in [1.807, 2.05) is 0 Å². The SMILES string of the molecule is COc1ccc(C(C)=O)cc1COC(=O)COc1ccccc1Cl. The van der Waals surface area contributed by atoms with Crippen LogP contribution in [-0.4, -0.2) is 25.5 Å². The Balaban J connectivity index is 1.95. The fraction of sp³-hybridized carbons (Fsp3) is 0.222. The topological polar surface area (TPSA) is 61.8 Å². The second-order valence-electron chi connectivity index (χ2n) is 4.96. The van der Waals surface area contributed by atoms with Gasteiger partial charge in [-0.3, -0.25) is 4.79 Å². The maximum atomic E-state index is 11.8. The number of halogens is 1. The summed E-state index contributed by atoms with van der Waals surface area (Å²) >= 11 is 5.94. The van der Waals surface area contributed by atoms with Crippen molar-refractivity contribution in [1.29, 1.82) is 0 Å². The summed E-state index contributed by atoms with van der Waals surface area (Å²) in [5, 5.41) is 0.418. The third-order valence-electron chi connectivity index (χ3n) is 3.26. The van der Waals surface area contributed by atoms with Gasteiger partial charge in [0.05, 0.1) is 12.1 Å². The van der Waals surface area contributed by atoms with Crippen LogP contribution in [0, 0.1) is 0 Å². The number of hydrogen-bond acceptors (Lipinski definition) is 5. The minimum Gasteiger partial charge on any atom is -0.496 e. The molecule has 0 N–H and O–H groups in total. The Morgan fingerprint density at radius 2 is 1.83 bits per heavy atom. The molecule has 0 spiro atoms. The van der Waals surface area contributed by atoms with Crippen molar-refractivity contribution in [2.75, 3.05) is 13.7 Å². The lowest BCUT2D eigenvalue weighted by Gasteiger charge is -2.11. The minimum atomic E-state index is -0.551. The van der Waals surface area contributed by atoms with Gasteiger partial charge in [0, 0.05) is 11.1 Å². The van der Waals surface area contributed by atoms with Crippen LogP contribution in [0.15, 0.2) is 42.5 Å². The molecule has 0 unspecified atom stereocenters. The zero-order valence-electron chi connectivity index (χ0n) is 13.4. The summed E-state index contributed by atoms with van der Waals surface area (Å²) < 4.78 is 15.7. The number of para-hydroxylation sites is 1. The summed E-state index contributed by atoms with van der Waals surface area (Å²) in [6.45, 7) is 1.18. The highest BCUT2D eigenvalue weighted by atomic mass is 35.5. The van der Waals surface area contributed by atoms with Crippen LogP contribution < -0.4 is 9.47 Å². The van der Waals surface area contributed by atoms with Gasteiger partial charge in [0.1, 0.15) is 18.1 Å². The van der Waals surface area contributed by atoms with Gasteiger partial charge in [-0.1, -0.05) is 23.7 Å². The van der Waals surface area contributed by atoms with Crippen LogP contribution in [0.5, 0.6) is 11.5 Å². The summed E-state index contributed by atoms with van der Waals surface area (Å²) in [7, 11) is 1.51. The monoisotopic (exact) mass is 348 g/mol. The predicted molar refractivity (Wildman–Crippen MR) is 89.7 cm³/mol. The summed E-state index contributed by atoms with van der Waals surface area (Å²) in [6.07, 6.45) is 0. The number of Topliss-reactive ketones (excluding diaryl/α,β-unsaturated/α-hetero) is 1. The van der Waals surface area contributed by atoms with E-state index < -0.39 is 5.97 Å². The molecule has 0 atom stereocenters. The number of benzene rings is 2. The van der Waals surface area contributed by atoms with E-state index in [0.717, 1.165) is 0 Å². The molecule has 0 aliphatic heterocycles. The van der Waals surface area contributed by atoms with Gasteiger partial charge in [-0.25, -0.2) is 4.79 Å². The van der Waals surface area contributed by atoms with Gasteiger partial charge in [-0.2, -0.15) is 0 Å². The number of carbonyl (C=O) groups excluding carboxylic acids is 2. The van der Waals surface area contributed by atoms with Crippen LogP contribution in [0.1, 0.15) is 22.8 Å². The van der Waals surface area contributed by atoms with Crippen LogP contribution >= 0.6 is 11.6 Å². The summed E-state index contributed by atoms with van der Waals surface area (Å²) in [5.41, 5.74) is 1.13. The van der Waals surface area contributed by atoms with Gasteiger partial charge in [-0.05, 0) is 37.3 Å². The molecule has 0 heterocycles. The Morgan fingerprint density at radius 1 is 1.08 bits per heavy atom. The van der Waals surface area contributed by atoms with E-state index in [0.29, 0.717) is 27.6 Å². The van der Waals surface area contributed by atoms with E-state index >= 15 is 0 Å². The van der Waals surface area contributed by atoms with E-state index in [2.05, 4.69) is 0 Å². The molecule has 2 rings (SSSR count). The van der Waals surface area contributed by atoms with E-state index in [4.69, 9.17) is 25.8 Å². The van der Waals surface area contributed by atoms with Gasteiger partial charge in [0.25, 0.3) is 0 Å². The number of esters is 1. The molecular weight excluding hydrogens is 332 g/mol. The molecule has 0 bridgehead atoms. The molecule has 0 amide bonds. The second kappa shape index (κ2) is 8.36. The Morgan fingerprint density at radius 3 is 2.50 bits per heavy atom. The number of ether oxygens (including phenoxy) is 3. The molecule has 0 saturated carbocycles. The normalized spacial score (nSPS) is 10.1. The van der Waals surface area contributed by atoms with Gasteiger partial charge in [0.2, 0.25) is 0 Å². The molecular formula is C18H17ClO5. The Hall–Kier alpha value is -2.53. The standard InChI is InChI=1S/C18H17ClO5/c1-12(20)13-7-8-16(22-2)14(9-13)10-24-18(21)11-23-17-6-4-3-5-15(17)19/h3-9H,10-11H2,1-2H3. The summed E-state index contributed by atoms with van der Waals surface area (Å²) in [5.74, 6) is 0.324. The highest BCUT2D eigenvalue weighted by Crippen LogP contribution is 2.23. The quantitative estimate of drug-likeness (QED) is 0.564. The van der Waals surface area contributed by atoms with E-state index in [-0.39, 0.29) is 19.0 Å². The van der Waals surface area contributed by atoms with Crippen LogP contribution in [-0.2, 0) is 16.1 Å². The third kappa shape index (κ3) is 4.73. The molecule has 0 fully saturated rings. The van der Waals surface area contributed by atoms with E-state index in [1.54, 1.807) is 42.5 Å². The van der Waals surface area contributed by atoms with Gasteiger partial charge in [0.15, 0.2) is 12.4 Å². The molecule has 126 valence electrons. The summed E-state index contributed by atoms with van der Waals surface area (Å²) in [4.78, 5) is 23.3. The molecule has 0 aromatic heterocycles. The Labute approximate surface area is 145 Å². The lowest BCUT2D eigenvalue weighted by molar-refractivity contribution is -0.147. The first kappa shape index (κ1) is 17.8. The third-order valence-corrected chi connectivity index (χ3v) is 3.57.